The van der Waals surface area contributed by atoms with Gasteiger partial charge in [0.1, 0.15) is 0 Å². The number of fused-ring (bicyclic) bond motifs is 3. The Bertz CT molecular complexity index is 3680. The summed E-state index contributed by atoms with van der Waals surface area (Å²) in [5.74, 6) is 0. The zero-order valence-electron chi connectivity index (χ0n) is 39.1. The van der Waals surface area contributed by atoms with Gasteiger partial charge in [-0.3, -0.25) is 9.97 Å². The topological polar surface area (TPSA) is 38.9 Å². The van der Waals surface area contributed by atoms with Crippen molar-refractivity contribution in [2.75, 3.05) is 4.90 Å². The first-order valence-corrected chi connectivity index (χ1v) is 23.6. The standard InChI is InChI=1S/C64H49N5/c1-42-38-65-60(36-56(42)45-18-7-5-8-19-45)49-30-47(58-40-67(3)62-27-15-13-25-54(58)62)32-51(34-49)69(64-29-17-23-44-22-11-12-24-53(44)64)52-33-48(59-41-68(4)63-28-16-14-26-55(59)63)31-50(35-52)61-37-57(43(2)39-66-61)46-20-9-6-10-21-46/h5-41H,1-4H3. The van der Waals surface area contributed by atoms with Gasteiger partial charge in [-0.05, 0) is 130 Å². The summed E-state index contributed by atoms with van der Waals surface area (Å²) >= 11 is 0. The molecule has 0 aliphatic rings. The summed E-state index contributed by atoms with van der Waals surface area (Å²) in [4.78, 5) is 12.8. The van der Waals surface area contributed by atoms with Gasteiger partial charge in [0, 0.05) is 99.7 Å². The number of rotatable bonds is 9. The maximum Gasteiger partial charge on any atom is 0.0709 e. The van der Waals surface area contributed by atoms with Crippen molar-refractivity contribution < 1.29 is 0 Å². The predicted octanol–water partition coefficient (Wildman–Crippen LogP) is 16.7. The highest BCUT2D eigenvalue weighted by molar-refractivity contribution is 6.03. The van der Waals surface area contributed by atoms with Crippen LogP contribution in [-0.4, -0.2) is 19.1 Å². The average Bonchev–Trinajstić information content (AvgIpc) is 3.93. The molecule has 0 saturated heterocycles. The van der Waals surface area contributed by atoms with E-state index in [1.54, 1.807) is 0 Å². The fourth-order valence-corrected chi connectivity index (χ4v) is 10.3. The number of pyridine rings is 2. The van der Waals surface area contributed by atoms with Gasteiger partial charge in [-0.1, -0.05) is 133 Å². The van der Waals surface area contributed by atoms with E-state index in [2.05, 4.69) is 255 Å². The van der Waals surface area contributed by atoms with Gasteiger partial charge in [-0.15, -0.1) is 0 Å². The third-order valence-electron chi connectivity index (χ3n) is 13.7. The Morgan fingerprint density at radius 1 is 0.362 bits per heavy atom. The van der Waals surface area contributed by atoms with Crippen LogP contribution < -0.4 is 4.90 Å². The van der Waals surface area contributed by atoms with Gasteiger partial charge in [0.25, 0.3) is 0 Å². The Labute approximate surface area is 402 Å². The van der Waals surface area contributed by atoms with Crippen LogP contribution in [0.4, 0.5) is 17.1 Å². The number of hydrogen-bond acceptors (Lipinski definition) is 3. The van der Waals surface area contributed by atoms with Gasteiger partial charge < -0.3 is 14.0 Å². The van der Waals surface area contributed by atoms with Crippen molar-refractivity contribution in [2.24, 2.45) is 14.1 Å². The van der Waals surface area contributed by atoms with Gasteiger partial charge in [-0.25, -0.2) is 0 Å². The maximum atomic E-state index is 5.18. The Kier molecular flexibility index (Phi) is 10.3. The van der Waals surface area contributed by atoms with E-state index in [-0.39, 0.29) is 0 Å². The molecule has 330 valence electrons. The second-order valence-electron chi connectivity index (χ2n) is 18.2. The minimum atomic E-state index is 0.906. The van der Waals surface area contributed by atoms with Crippen LogP contribution in [0, 0.1) is 13.8 Å². The zero-order chi connectivity index (χ0) is 46.6. The molecule has 0 bridgehead atoms. The Hall–Kier alpha value is -8.80. The first kappa shape index (κ1) is 41.6. The first-order valence-electron chi connectivity index (χ1n) is 23.6. The highest BCUT2D eigenvalue weighted by Gasteiger charge is 2.23. The van der Waals surface area contributed by atoms with Crippen LogP contribution in [0.1, 0.15) is 11.1 Å². The molecule has 0 amide bonds. The lowest BCUT2D eigenvalue weighted by molar-refractivity contribution is 0.970. The van der Waals surface area contributed by atoms with Crippen molar-refractivity contribution in [2.45, 2.75) is 13.8 Å². The van der Waals surface area contributed by atoms with Crippen LogP contribution >= 0.6 is 0 Å². The molecule has 12 rings (SSSR count). The molecule has 0 aliphatic heterocycles. The fraction of sp³-hybridized carbons (Fsp3) is 0.0625. The van der Waals surface area contributed by atoms with Crippen molar-refractivity contribution in [3.05, 3.63) is 236 Å². The maximum absolute atomic E-state index is 5.18. The molecule has 0 spiro atoms. The largest absolute Gasteiger partial charge is 0.350 e. The number of aromatic nitrogens is 4. The number of aryl methyl sites for hydroxylation is 4. The second-order valence-corrected chi connectivity index (χ2v) is 18.2. The minimum absolute atomic E-state index is 0.906. The van der Waals surface area contributed by atoms with Gasteiger partial charge in [0.05, 0.1) is 17.1 Å². The number of anilines is 3. The third-order valence-corrected chi connectivity index (χ3v) is 13.7. The van der Waals surface area contributed by atoms with E-state index >= 15 is 0 Å². The average molecular weight is 888 g/mol. The molecule has 4 aromatic heterocycles. The zero-order valence-corrected chi connectivity index (χ0v) is 39.1. The second kappa shape index (κ2) is 17.1. The van der Waals surface area contributed by atoms with Crippen molar-refractivity contribution in [3.63, 3.8) is 0 Å². The molecule has 4 heterocycles. The molecular formula is C64H49N5. The molecule has 0 aliphatic carbocycles. The van der Waals surface area contributed by atoms with Gasteiger partial charge in [-0.2, -0.15) is 0 Å². The quantitative estimate of drug-likeness (QED) is 0.145. The molecule has 12 aromatic rings. The molecule has 8 aromatic carbocycles. The van der Waals surface area contributed by atoms with Crippen LogP contribution in [0.2, 0.25) is 0 Å². The van der Waals surface area contributed by atoms with E-state index in [0.29, 0.717) is 0 Å². The van der Waals surface area contributed by atoms with Gasteiger partial charge in [0.15, 0.2) is 0 Å². The van der Waals surface area contributed by atoms with E-state index in [1.165, 1.54) is 32.9 Å². The molecule has 0 radical (unpaired) electrons. The number of benzene rings is 8. The van der Waals surface area contributed by atoms with Crippen molar-refractivity contribution in [1.82, 2.24) is 19.1 Å². The van der Waals surface area contributed by atoms with Gasteiger partial charge >= 0.3 is 0 Å². The van der Waals surface area contributed by atoms with Crippen LogP contribution in [0.5, 0.6) is 0 Å². The summed E-state index contributed by atoms with van der Waals surface area (Å²) in [6, 6.07) is 72.5. The first-order chi connectivity index (χ1) is 33.8. The molecule has 69 heavy (non-hydrogen) atoms. The van der Waals surface area contributed by atoms with E-state index in [4.69, 9.17) is 9.97 Å². The third kappa shape index (κ3) is 7.55. The van der Waals surface area contributed by atoms with Crippen molar-refractivity contribution in [1.29, 1.82) is 0 Å². The molecule has 0 atom stereocenters. The van der Waals surface area contributed by atoms with Crippen LogP contribution in [0.15, 0.2) is 225 Å². The molecule has 0 unspecified atom stereocenters. The number of hydrogen-bond donors (Lipinski definition) is 0. The predicted molar refractivity (Wildman–Crippen MR) is 289 cm³/mol. The minimum Gasteiger partial charge on any atom is -0.350 e. The van der Waals surface area contributed by atoms with E-state index < -0.39 is 0 Å². The van der Waals surface area contributed by atoms with Crippen LogP contribution in [0.3, 0.4) is 0 Å². The van der Waals surface area contributed by atoms with E-state index in [9.17, 15) is 0 Å². The monoisotopic (exact) mass is 887 g/mol. The highest BCUT2D eigenvalue weighted by atomic mass is 15.1. The van der Waals surface area contributed by atoms with Gasteiger partial charge in [0.2, 0.25) is 0 Å². The summed E-state index contributed by atoms with van der Waals surface area (Å²) in [5, 5.41) is 4.70. The molecular weight excluding hydrogens is 839 g/mol. The lowest BCUT2D eigenvalue weighted by Crippen LogP contribution is -2.11. The smallest absolute Gasteiger partial charge is 0.0709 e. The summed E-state index contributed by atoms with van der Waals surface area (Å²) in [5.41, 5.74) is 20.8. The van der Waals surface area contributed by atoms with Crippen molar-refractivity contribution in [3.8, 4) is 67.0 Å². The molecule has 0 saturated carbocycles. The summed E-state index contributed by atoms with van der Waals surface area (Å²) < 4.78 is 4.46. The highest BCUT2D eigenvalue weighted by Crippen LogP contribution is 2.46. The van der Waals surface area contributed by atoms with E-state index in [0.717, 1.165) is 94.9 Å². The normalized spacial score (nSPS) is 11.5. The van der Waals surface area contributed by atoms with Crippen molar-refractivity contribution >= 4 is 49.6 Å². The Balaban J connectivity index is 1.16. The van der Waals surface area contributed by atoms with Crippen LogP contribution in [0.25, 0.3) is 99.6 Å². The van der Waals surface area contributed by atoms with E-state index in [1.807, 2.05) is 12.4 Å². The number of nitrogens with zero attached hydrogens (tertiary/aromatic N) is 5. The molecule has 5 nitrogen and oxygen atoms in total. The lowest BCUT2D eigenvalue weighted by atomic mass is 9.95. The summed E-state index contributed by atoms with van der Waals surface area (Å²) in [6.45, 7) is 4.29. The fourth-order valence-electron chi connectivity index (χ4n) is 10.3. The summed E-state index contributed by atoms with van der Waals surface area (Å²) in [6.07, 6.45) is 8.56. The molecule has 5 heteroatoms. The molecule has 0 N–H and O–H groups in total. The Morgan fingerprint density at radius 2 is 0.783 bits per heavy atom. The molecule has 0 fully saturated rings. The number of para-hydroxylation sites is 2. The lowest BCUT2D eigenvalue weighted by Gasteiger charge is -2.29. The van der Waals surface area contributed by atoms with Crippen LogP contribution in [-0.2, 0) is 14.1 Å². The summed E-state index contributed by atoms with van der Waals surface area (Å²) in [7, 11) is 4.27. The Morgan fingerprint density at radius 3 is 1.29 bits per heavy atom. The SMILES string of the molecule is Cc1cnc(-c2cc(-c3cn(C)c4ccccc34)cc(N(c3cc(-c4cc(-c5ccccc5)c(C)cn4)cc(-c4cn(C)c5ccccc45)c3)c3cccc4ccccc34)c2)cc1-c1ccccc1.